The van der Waals surface area contributed by atoms with Crippen LogP contribution in [0.2, 0.25) is 5.02 Å². The fourth-order valence-electron chi connectivity index (χ4n) is 2.27. The van der Waals surface area contributed by atoms with Crippen LogP contribution in [-0.4, -0.2) is 22.2 Å². The van der Waals surface area contributed by atoms with Crippen molar-refractivity contribution in [1.82, 2.24) is 10.1 Å². The van der Waals surface area contributed by atoms with Crippen LogP contribution in [0, 0.1) is 13.8 Å². The summed E-state index contributed by atoms with van der Waals surface area (Å²) in [4.78, 5) is 16.4. The number of hydrogen-bond donors (Lipinski definition) is 1. The third-order valence-electron chi connectivity index (χ3n) is 3.89. The Morgan fingerprint density at radius 3 is 2.73 bits per heavy atom. The Hall–Kier alpha value is -2.86. The molecule has 134 valence electrons. The summed E-state index contributed by atoms with van der Waals surface area (Å²) in [5, 5.41) is 6.90. The van der Waals surface area contributed by atoms with Crippen LogP contribution >= 0.6 is 11.6 Å². The van der Waals surface area contributed by atoms with Gasteiger partial charge in [0.1, 0.15) is 5.75 Å². The van der Waals surface area contributed by atoms with Crippen LogP contribution in [0.15, 0.2) is 47.0 Å². The molecule has 0 unspecified atom stereocenters. The molecular formula is C19H18ClN3O3. The molecule has 3 rings (SSSR count). The smallest absolute Gasteiger partial charge is 0.270 e. The predicted octanol–water partition coefficient (Wildman–Crippen LogP) is 4.41. The first-order valence-electron chi connectivity index (χ1n) is 8.07. The van der Waals surface area contributed by atoms with Crippen LogP contribution in [-0.2, 0) is 4.79 Å². The van der Waals surface area contributed by atoms with E-state index in [1.54, 1.807) is 31.2 Å². The zero-order valence-electron chi connectivity index (χ0n) is 14.6. The van der Waals surface area contributed by atoms with E-state index in [0.29, 0.717) is 16.3 Å². The Morgan fingerprint density at radius 1 is 1.19 bits per heavy atom. The Kier molecular flexibility index (Phi) is 5.23. The van der Waals surface area contributed by atoms with Gasteiger partial charge in [-0.05, 0) is 67.4 Å². The van der Waals surface area contributed by atoms with Gasteiger partial charge in [0.05, 0.1) is 0 Å². The molecule has 0 bridgehead atoms. The molecule has 1 atom stereocenters. The standard InChI is InChI=1S/C19H18ClN3O3/c1-11-7-8-16(9-12(11)2)25-13(3)17(24)21-19-22-18(26-23-19)14-5-4-6-15(20)10-14/h4-10,13H,1-3H3,(H,21,23,24)/t13-/m0/s1. The maximum Gasteiger partial charge on any atom is 0.270 e. The minimum Gasteiger partial charge on any atom is -0.481 e. The van der Waals surface area contributed by atoms with Crippen LogP contribution in [0.4, 0.5) is 5.95 Å². The molecule has 3 aromatic rings. The number of nitrogens with zero attached hydrogens (tertiary/aromatic N) is 2. The van der Waals surface area contributed by atoms with E-state index in [0.717, 1.165) is 11.1 Å². The highest BCUT2D eigenvalue weighted by Crippen LogP contribution is 2.22. The zero-order chi connectivity index (χ0) is 18.7. The summed E-state index contributed by atoms with van der Waals surface area (Å²) in [6, 6.07) is 12.7. The van der Waals surface area contributed by atoms with E-state index in [4.69, 9.17) is 20.9 Å². The second kappa shape index (κ2) is 7.58. The SMILES string of the molecule is Cc1ccc(O[C@@H](C)C(=O)Nc2noc(-c3cccc(Cl)c3)n2)cc1C. The quantitative estimate of drug-likeness (QED) is 0.718. The van der Waals surface area contributed by atoms with Crippen LogP contribution in [0.3, 0.4) is 0 Å². The molecule has 1 N–H and O–H groups in total. The number of aryl methyl sites for hydroxylation is 2. The topological polar surface area (TPSA) is 77.2 Å². The summed E-state index contributed by atoms with van der Waals surface area (Å²) in [6.45, 7) is 5.66. The molecule has 7 heteroatoms. The number of hydrogen-bond acceptors (Lipinski definition) is 5. The highest BCUT2D eigenvalue weighted by atomic mass is 35.5. The van der Waals surface area contributed by atoms with Crippen LogP contribution in [0.1, 0.15) is 18.1 Å². The molecule has 1 aromatic heterocycles. The van der Waals surface area contributed by atoms with Gasteiger partial charge in [-0.3, -0.25) is 10.1 Å². The van der Waals surface area contributed by atoms with Gasteiger partial charge < -0.3 is 9.26 Å². The minimum atomic E-state index is -0.717. The van der Waals surface area contributed by atoms with Gasteiger partial charge in [-0.25, -0.2) is 0 Å². The number of aromatic nitrogens is 2. The second-order valence-corrected chi connectivity index (χ2v) is 6.37. The van der Waals surface area contributed by atoms with Gasteiger partial charge in [-0.1, -0.05) is 23.7 Å². The third-order valence-corrected chi connectivity index (χ3v) is 4.13. The average Bonchev–Trinajstić information content (AvgIpc) is 3.06. The van der Waals surface area contributed by atoms with Gasteiger partial charge in [-0.2, -0.15) is 4.98 Å². The van der Waals surface area contributed by atoms with E-state index in [1.165, 1.54) is 0 Å². The number of carbonyl (C=O) groups excluding carboxylic acids is 1. The van der Waals surface area contributed by atoms with Crippen LogP contribution < -0.4 is 10.1 Å². The lowest BCUT2D eigenvalue weighted by atomic mass is 10.1. The lowest BCUT2D eigenvalue weighted by molar-refractivity contribution is -0.122. The molecular weight excluding hydrogens is 354 g/mol. The molecule has 0 aliphatic carbocycles. The molecule has 0 aliphatic heterocycles. The van der Waals surface area contributed by atoms with Gasteiger partial charge in [0.15, 0.2) is 6.10 Å². The molecule has 6 nitrogen and oxygen atoms in total. The Labute approximate surface area is 156 Å². The van der Waals surface area contributed by atoms with Gasteiger partial charge in [0.25, 0.3) is 17.7 Å². The summed E-state index contributed by atoms with van der Waals surface area (Å²) in [7, 11) is 0. The van der Waals surface area contributed by atoms with E-state index in [-0.39, 0.29) is 17.7 Å². The van der Waals surface area contributed by atoms with Crippen molar-refractivity contribution in [2.75, 3.05) is 5.32 Å². The summed E-state index contributed by atoms with van der Waals surface area (Å²) in [5.74, 6) is 0.594. The van der Waals surface area contributed by atoms with Gasteiger partial charge in [0.2, 0.25) is 0 Å². The van der Waals surface area contributed by atoms with E-state index < -0.39 is 6.10 Å². The van der Waals surface area contributed by atoms with Crippen molar-refractivity contribution in [3.8, 4) is 17.2 Å². The van der Waals surface area contributed by atoms with Crippen molar-refractivity contribution in [3.63, 3.8) is 0 Å². The molecule has 0 fully saturated rings. The number of benzene rings is 2. The lowest BCUT2D eigenvalue weighted by Gasteiger charge is -2.14. The first-order valence-corrected chi connectivity index (χ1v) is 8.44. The average molecular weight is 372 g/mol. The fraction of sp³-hybridized carbons (Fsp3) is 0.211. The monoisotopic (exact) mass is 371 g/mol. The number of amides is 1. The van der Waals surface area contributed by atoms with Crippen molar-refractivity contribution in [1.29, 1.82) is 0 Å². The van der Waals surface area contributed by atoms with Gasteiger partial charge in [0, 0.05) is 10.6 Å². The third kappa shape index (κ3) is 4.21. The van der Waals surface area contributed by atoms with Crippen molar-refractivity contribution < 1.29 is 14.1 Å². The van der Waals surface area contributed by atoms with E-state index in [2.05, 4.69) is 15.5 Å². The molecule has 1 heterocycles. The van der Waals surface area contributed by atoms with E-state index >= 15 is 0 Å². The zero-order valence-corrected chi connectivity index (χ0v) is 15.4. The number of ether oxygens (including phenoxy) is 1. The van der Waals surface area contributed by atoms with Crippen molar-refractivity contribution >= 4 is 23.5 Å². The van der Waals surface area contributed by atoms with Gasteiger partial charge in [-0.15, -0.1) is 0 Å². The predicted molar refractivity (Wildman–Crippen MR) is 99.4 cm³/mol. The first-order chi connectivity index (χ1) is 12.4. The van der Waals surface area contributed by atoms with Crippen molar-refractivity contribution in [3.05, 3.63) is 58.6 Å². The highest BCUT2D eigenvalue weighted by molar-refractivity contribution is 6.30. The highest BCUT2D eigenvalue weighted by Gasteiger charge is 2.18. The maximum absolute atomic E-state index is 12.3. The number of anilines is 1. The Bertz CT molecular complexity index is 939. The number of rotatable bonds is 5. The lowest BCUT2D eigenvalue weighted by Crippen LogP contribution is -2.30. The maximum atomic E-state index is 12.3. The van der Waals surface area contributed by atoms with Crippen LogP contribution in [0.5, 0.6) is 5.75 Å². The fourth-order valence-corrected chi connectivity index (χ4v) is 2.46. The van der Waals surface area contributed by atoms with Gasteiger partial charge >= 0.3 is 0 Å². The molecule has 0 aliphatic rings. The second-order valence-electron chi connectivity index (χ2n) is 5.93. The molecule has 0 radical (unpaired) electrons. The summed E-state index contributed by atoms with van der Waals surface area (Å²) in [5.41, 5.74) is 2.93. The number of halogens is 1. The number of nitrogens with one attached hydrogen (secondary N) is 1. The van der Waals surface area contributed by atoms with E-state index in [9.17, 15) is 4.79 Å². The minimum absolute atomic E-state index is 0.0699. The summed E-state index contributed by atoms with van der Waals surface area (Å²) in [6.07, 6.45) is -0.717. The number of carbonyl (C=O) groups is 1. The largest absolute Gasteiger partial charge is 0.481 e. The summed E-state index contributed by atoms with van der Waals surface area (Å²) < 4.78 is 10.8. The normalized spacial score (nSPS) is 11.8. The Morgan fingerprint density at radius 2 is 2.00 bits per heavy atom. The van der Waals surface area contributed by atoms with Crippen LogP contribution in [0.25, 0.3) is 11.5 Å². The molecule has 0 saturated heterocycles. The Balaban J connectivity index is 1.65. The van der Waals surface area contributed by atoms with E-state index in [1.807, 2.05) is 32.0 Å². The molecule has 1 amide bonds. The van der Waals surface area contributed by atoms with Crippen molar-refractivity contribution in [2.24, 2.45) is 0 Å². The summed E-state index contributed by atoms with van der Waals surface area (Å²) >= 11 is 5.95. The molecule has 2 aromatic carbocycles. The van der Waals surface area contributed by atoms with Crippen molar-refractivity contribution in [2.45, 2.75) is 26.9 Å². The first kappa shape index (κ1) is 17.9. The molecule has 0 spiro atoms. The molecule has 26 heavy (non-hydrogen) atoms. The molecule has 0 saturated carbocycles.